The number of likely N-dealkylation sites (N-methyl/N-ethyl adjacent to an activating group) is 1. The van der Waals surface area contributed by atoms with E-state index in [1.165, 1.54) is 4.90 Å². The number of rotatable bonds is 3. The summed E-state index contributed by atoms with van der Waals surface area (Å²) in [7, 11) is 4.78. The summed E-state index contributed by atoms with van der Waals surface area (Å²) in [5.74, 6) is 1.04. The van der Waals surface area contributed by atoms with Crippen LogP contribution in [0.25, 0.3) is 6.08 Å². The van der Waals surface area contributed by atoms with E-state index in [4.69, 9.17) is 14.9 Å². The highest BCUT2D eigenvalue weighted by molar-refractivity contribution is 6.14. The number of hydrogen-bond acceptors (Lipinski definition) is 4. The van der Waals surface area contributed by atoms with Crippen molar-refractivity contribution in [3.63, 3.8) is 0 Å². The topological polar surface area (TPSA) is 74.7 Å². The van der Waals surface area contributed by atoms with Crippen molar-refractivity contribution in [2.24, 2.45) is 0 Å². The number of methoxy groups -OCH3 is 2. The van der Waals surface area contributed by atoms with Crippen LogP contribution in [0.3, 0.4) is 0 Å². The van der Waals surface area contributed by atoms with Crippen LogP contribution in [0, 0.1) is 5.41 Å². The molecule has 1 aliphatic rings. The van der Waals surface area contributed by atoms with Gasteiger partial charge in [0, 0.05) is 18.7 Å². The first-order valence-electron chi connectivity index (χ1n) is 5.64. The molecule has 2 N–H and O–H groups in total. The molecular weight excluding hydrogens is 246 g/mol. The first-order valence-corrected chi connectivity index (χ1v) is 5.64. The third-order valence-electron chi connectivity index (χ3n) is 2.89. The van der Waals surface area contributed by atoms with Gasteiger partial charge < -0.3 is 14.4 Å². The first kappa shape index (κ1) is 12.9. The highest BCUT2D eigenvalue weighted by Gasteiger charge is 2.27. The monoisotopic (exact) mass is 261 g/mol. The summed E-state index contributed by atoms with van der Waals surface area (Å²) in [5.41, 5.74) is 1.14. The number of carbonyl (C=O) groups excluding carboxylic acids is 1. The Morgan fingerprint density at radius 1 is 1.32 bits per heavy atom. The molecule has 1 fully saturated rings. The van der Waals surface area contributed by atoms with Crippen molar-refractivity contribution in [3.8, 4) is 11.5 Å². The predicted molar refractivity (Wildman–Crippen MR) is 71.2 cm³/mol. The summed E-state index contributed by atoms with van der Waals surface area (Å²) in [6.07, 6.45) is 1.68. The van der Waals surface area contributed by atoms with Gasteiger partial charge in [0.25, 0.3) is 5.91 Å². The zero-order chi connectivity index (χ0) is 14.0. The van der Waals surface area contributed by atoms with Gasteiger partial charge in [0.2, 0.25) is 5.96 Å². The van der Waals surface area contributed by atoms with Gasteiger partial charge in [0.15, 0.2) is 0 Å². The van der Waals surface area contributed by atoms with E-state index < -0.39 is 0 Å². The minimum atomic E-state index is -0.301. The number of amides is 1. The zero-order valence-corrected chi connectivity index (χ0v) is 11.0. The molecule has 1 saturated heterocycles. The third kappa shape index (κ3) is 2.37. The second-order valence-electron chi connectivity index (χ2n) is 4.00. The molecular formula is C13H15N3O3. The molecule has 0 spiro atoms. The second kappa shape index (κ2) is 5.01. The van der Waals surface area contributed by atoms with E-state index >= 15 is 0 Å². The van der Waals surface area contributed by atoms with Crippen molar-refractivity contribution in [1.82, 2.24) is 10.2 Å². The molecule has 6 nitrogen and oxygen atoms in total. The Bertz CT molecular complexity index is 566. The quantitative estimate of drug-likeness (QED) is 0.797. The van der Waals surface area contributed by atoms with Crippen molar-refractivity contribution in [3.05, 3.63) is 29.5 Å². The Labute approximate surface area is 111 Å². The van der Waals surface area contributed by atoms with Gasteiger partial charge in [0.05, 0.1) is 14.2 Å². The summed E-state index contributed by atoms with van der Waals surface area (Å²) >= 11 is 0. The van der Waals surface area contributed by atoms with Crippen LogP contribution in [0.5, 0.6) is 11.5 Å². The molecule has 6 heteroatoms. The van der Waals surface area contributed by atoms with Crippen LogP contribution in [0.2, 0.25) is 0 Å². The fourth-order valence-electron chi connectivity index (χ4n) is 1.78. The molecule has 1 aliphatic heterocycles. The maximum absolute atomic E-state index is 11.7. The van der Waals surface area contributed by atoms with Gasteiger partial charge in [0.1, 0.15) is 17.2 Å². The summed E-state index contributed by atoms with van der Waals surface area (Å²) in [6.45, 7) is 0. The first-order chi connectivity index (χ1) is 9.06. The minimum absolute atomic E-state index is 0.0590. The fourth-order valence-corrected chi connectivity index (χ4v) is 1.78. The largest absolute Gasteiger partial charge is 0.497 e. The molecule has 0 unspecified atom stereocenters. The lowest BCUT2D eigenvalue weighted by Gasteiger charge is -2.11. The molecule has 0 atom stereocenters. The van der Waals surface area contributed by atoms with E-state index in [0.717, 1.165) is 5.56 Å². The molecule has 1 aromatic rings. The molecule has 19 heavy (non-hydrogen) atoms. The SMILES string of the molecule is COc1ccc(/C=C2/C(=O)NC(=N)N2C)c(OC)c1. The van der Waals surface area contributed by atoms with Gasteiger partial charge >= 0.3 is 0 Å². The van der Waals surface area contributed by atoms with Crippen LogP contribution in [0.4, 0.5) is 0 Å². The van der Waals surface area contributed by atoms with Gasteiger partial charge in [-0.05, 0) is 18.2 Å². The third-order valence-corrected chi connectivity index (χ3v) is 2.89. The van der Waals surface area contributed by atoms with E-state index in [0.29, 0.717) is 17.2 Å². The molecule has 0 radical (unpaired) electrons. The van der Waals surface area contributed by atoms with E-state index in [1.807, 2.05) is 0 Å². The number of ether oxygens (including phenoxy) is 2. The Morgan fingerprint density at radius 2 is 2.05 bits per heavy atom. The van der Waals surface area contributed by atoms with Crippen molar-refractivity contribution < 1.29 is 14.3 Å². The molecule has 0 aromatic heterocycles. The lowest BCUT2D eigenvalue weighted by molar-refractivity contribution is -0.115. The van der Waals surface area contributed by atoms with E-state index in [9.17, 15) is 4.79 Å². The van der Waals surface area contributed by atoms with Crippen molar-refractivity contribution in [1.29, 1.82) is 5.41 Å². The number of benzene rings is 1. The minimum Gasteiger partial charge on any atom is -0.497 e. The lowest BCUT2D eigenvalue weighted by atomic mass is 10.1. The van der Waals surface area contributed by atoms with Gasteiger partial charge in [-0.25, -0.2) is 0 Å². The number of nitrogens with one attached hydrogen (secondary N) is 2. The summed E-state index contributed by atoms with van der Waals surface area (Å²) in [4.78, 5) is 13.2. The Hall–Kier alpha value is -2.50. The molecule has 0 aliphatic carbocycles. The number of hydrogen-bond donors (Lipinski definition) is 2. The highest BCUT2D eigenvalue weighted by atomic mass is 16.5. The van der Waals surface area contributed by atoms with E-state index in [-0.39, 0.29) is 11.9 Å². The van der Waals surface area contributed by atoms with Crippen LogP contribution >= 0.6 is 0 Å². The highest BCUT2D eigenvalue weighted by Crippen LogP contribution is 2.27. The van der Waals surface area contributed by atoms with E-state index in [2.05, 4.69) is 5.32 Å². The van der Waals surface area contributed by atoms with Crippen molar-refractivity contribution >= 4 is 17.9 Å². The molecule has 0 bridgehead atoms. The van der Waals surface area contributed by atoms with Gasteiger partial charge in [-0.3, -0.25) is 15.5 Å². The van der Waals surface area contributed by atoms with Gasteiger partial charge in [-0.2, -0.15) is 0 Å². The van der Waals surface area contributed by atoms with Gasteiger partial charge in [-0.15, -0.1) is 0 Å². The maximum Gasteiger partial charge on any atom is 0.274 e. The van der Waals surface area contributed by atoms with Crippen LogP contribution < -0.4 is 14.8 Å². The summed E-state index contributed by atoms with van der Waals surface area (Å²) in [6, 6.07) is 5.32. The average molecular weight is 261 g/mol. The molecule has 1 heterocycles. The standard InChI is InChI=1S/C13H15N3O3/c1-16-10(12(17)15-13(16)14)6-8-4-5-9(18-2)7-11(8)19-3/h4-7H,1-3H3,(H2,14,15,17)/b10-6-. The van der Waals surface area contributed by atoms with Crippen LogP contribution in [0.15, 0.2) is 23.9 Å². The van der Waals surface area contributed by atoms with Crippen LogP contribution in [-0.2, 0) is 4.79 Å². The number of carbonyl (C=O) groups is 1. The summed E-state index contributed by atoms with van der Waals surface area (Å²) in [5, 5.41) is 9.98. The Balaban J connectivity index is 2.42. The predicted octanol–water partition coefficient (Wildman–Crippen LogP) is 1.04. The molecule has 0 saturated carbocycles. The summed E-state index contributed by atoms with van der Waals surface area (Å²) < 4.78 is 10.4. The fraction of sp³-hybridized carbons (Fsp3) is 0.231. The van der Waals surface area contributed by atoms with Gasteiger partial charge in [-0.1, -0.05) is 0 Å². The average Bonchev–Trinajstić information content (AvgIpc) is 2.65. The molecule has 2 rings (SSSR count). The molecule has 100 valence electrons. The van der Waals surface area contributed by atoms with Crippen molar-refractivity contribution in [2.75, 3.05) is 21.3 Å². The normalized spacial score (nSPS) is 16.8. The Kier molecular flexibility index (Phi) is 3.41. The molecule has 1 aromatic carbocycles. The number of guanidine groups is 1. The van der Waals surface area contributed by atoms with Crippen LogP contribution in [-0.4, -0.2) is 38.0 Å². The second-order valence-corrected chi connectivity index (χ2v) is 4.00. The zero-order valence-electron chi connectivity index (χ0n) is 11.0. The Morgan fingerprint density at radius 3 is 2.58 bits per heavy atom. The lowest BCUT2D eigenvalue weighted by Crippen LogP contribution is -2.25. The van der Waals surface area contributed by atoms with Crippen LogP contribution in [0.1, 0.15) is 5.56 Å². The smallest absolute Gasteiger partial charge is 0.274 e. The van der Waals surface area contributed by atoms with Crippen molar-refractivity contribution in [2.45, 2.75) is 0 Å². The number of nitrogens with zero attached hydrogens (tertiary/aromatic N) is 1. The maximum atomic E-state index is 11.7. The molecule has 1 amide bonds. The van der Waals surface area contributed by atoms with E-state index in [1.54, 1.807) is 45.5 Å².